The minimum Gasteiger partial charge on any atom is -0.490 e. The van der Waals surface area contributed by atoms with Crippen molar-refractivity contribution in [2.75, 3.05) is 13.2 Å². The molecule has 0 radical (unpaired) electrons. The normalized spacial score (nSPS) is 18.5. The van der Waals surface area contributed by atoms with E-state index < -0.39 is 50.5 Å². The summed E-state index contributed by atoms with van der Waals surface area (Å²) in [7, 11) is 0. The number of non-ortho nitro benzene ring substituents is 1. The number of nitro groups is 2. The SMILES string of the molecule is C=CCc1cc(C2C3=C(CC(C)(C)CC3=O)N(CC(=O)O)C3=C2C(=O)CC(C)(C)C3)cc(OCC)c1Oc1ccc([N+](=O)[O-])cc1[N+](=O)[O-]. The van der Waals surface area contributed by atoms with Crippen molar-refractivity contribution in [3.63, 3.8) is 0 Å². The van der Waals surface area contributed by atoms with Crippen molar-refractivity contribution in [1.82, 2.24) is 4.90 Å². The number of carboxylic acids is 1. The first-order chi connectivity index (χ1) is 23.0. The predicted octanol–water partition coefficient (Wildman–Crippen LogP) is 7.19. The number of allylic oxidation sites excluding steroid dienone is 5. The lowest BCUT2D eigenvalue weighted by Gasteiger charge is -2.48. The van der Waals surface area contributed by atoms with Gasteiger partial charge in [0.2, 0.25) is 5.75 Å². The molecule has 0 spiro atoms. The van der Waals surface area contributed by atoms with E-state index >= 15 is 0 Å². The molecule has 258 valence electrons. The van der Waals surface area contributed by atoms with Gasteiger partial charge < -0.3 is 19.5 Å². The third kappa shape index (κ3) is 6.83. The fourth-order valence-corrected chi connectivity index (χ4v) is 7.20. The second-order valence-electron chi connectivity index (χ2n) is 14.2. The van der Waals surface area contributed by atoms with E-state index in [4.69, 9.17) is 9.47 Å². The van der Waals surface area contributed by atoms with Crippen LogP contribution in [0, 0.1) is 31.1 Å². The summed E-state index contributed by atoms with van der Waals surface area (Å²) in [5, 5.41) is 33.2. The zero-order valence-electron chi connectivity index (χ0n) is 28.2. The largest absolute Gasteiger partial charge is 0.490 e. The smallest absolute Gasteiger partial charge is 0.323 e. The lowest BCUT2D eigenvalue weighted by molar-refractivity contribution is -0.394. The van der Waals surface area contributed by atoms with Gasteiger partial charge in [-0.15, -0.1) is 6.58 Å². The van der Waals surface area contributed by atoms with E-state index in [-0.39, 0.29) is 54.7 Å². The summed E-state index contributed by atoms with van der Waals surface area (Å²) < 4.78 is 12.1. The van der Waals surface area contributed by atoms with Crippen molar-refractivity contribution in [1.29, 1.82) is 0 Å². The maximum Gasteiger partial charge on any atom is 0.323 e. The van der Waals surface area contributed by atoms with Crippen LogP contribution in [0.1, 0.15) is 77.3 Å². The molecular weight excluding hydrogens is 634 g/mol. The molecule has 13 heteroatoms. The minimum absolute atomic E-state index is 0.112. The molecule has 2 aromatic carbocycles. The van der Waals surface area contributed by atoms with Crippen LogP contribution in [0.5, 0.6) is 17.2 Å². The molecule has 2 aromatic rings. The van der Waals surface area contributed by atoms with E-state index in [1.165, 1.54) is 0 Å². The molecule has 13 nitrogen and oxygen atoms in total. The standard InChI is InChI=1S/C36H39N3O10/c1-7-9-20-12-21(13-29(48-8-2)34(20)49-28-11-10-22(38(44)45)14-23(28)39(46)47)31-32-24(15-35(3,4)17-26(32)40)37(19-30(42)43)25-16-36(5,6)18-27(41)33(25)31/h7,10-14,31H,1,8-9,15-19H2,2-6H3,(H,42,43). The van der Waals surface area contributed by atoms with E-state index in [1.54, 1.807) is 30.0 Å². The van der Waals surface area contributed by atoms with Crippen molar-refractivity contribution in [3.8, 4) is 17.2 Å². The van der Waals surface area contributed by atoms with Crippen LogP contribution >= 0.6 is 0 Å². The van der Waals surface area contributed by atoms with Gasteiger partial charge in [0.15, 0.2) is 23.1 Å². The van der Waals surface area contributed by atoms with Crippen LogP contribution < -0.4 is 9.47 Å². The highest BCUT2D eigenvalue weighted by molar-refractivity contribution is 6.07. The average Bonchev–Trinajstić information content (AvgIpc) is 2.98. The summed E-state index contributed by atoms with van der Waals surface area (Å²) in [4.78, 5) is 63.9. The van der Waals surface area contributed by atoms with Gasteiger partial charge in [-0.2, -0.15) is 0 Å². The van der Waals surface area contributed by atoms with Crippen LogP contribution in [0.15, 0.2) is 65.5 Å². The number of carbonyl (C=O) groups excluding carboxylic acids is 2. The van der Waals surface area contributed by atoms with Gasteiger partial charge in [0, 0.05) is 52.9 Å². The molecule has 0 saturated heterocycles. The molecule has 3 aliphatic rings. The number of nitrogens with zero attached hydrogens (tertiary/aromatic N) is 3. The molecule has 1 heterocycles. The summed E-state index contributed by atoms with van der Waals surface area (Å²) in [5.41, 5.74) is 0.940. The molecular formula is C36H39N3O10. The maximum atomic E-state index is 14.1. The Labute approximate surface area is 283 Å². The molecule has 0 bridgehead atoms. The second kappa shape index (κ2) is 12.9. The Hall–Kier alpha value is -5.33. The molecule has 49 heavy (non-hydrogen) atoms. The first kappa shape index (κ1) is 35.0. The van der Waals surface area contributed by atoms with Gasteiger partial charge >= 0.3 is 11.7 Å². The van der Waals surface area contributed by atoms with E-state index in [2.05, 4.69) is 6.58 Å². The summed E-state index contributed by atoms with van der Waals surface area (Å²) >= 11 is 0. The molecule has 0 unspecified atom stereocenters. The average molecular weight is 674 g/mol. The van der Waals surface area contributed by atoms with E-state index in [0.717, 1.165) is 18.2 Å². The molecule has 0 atom stereocenters. The monoisotopic (exact) mass is 673 g/mol. The molecule has 0 fully saturated rings. The summed E-state index contributed by atoms with van der Waals surface area (Å²) in [6.45, 7) is 13.2. The number of hydrogen-bond donors (Lipinski definition) is 1. The van der Waals surface area contributed by atoms with Crippen LogP contribution in [0.3, 0.4) is 0 Å². The van der Waals surface area contributed by atoms with E-state index in [9.17, 15) is 39.7 Å². The fourth-order valence-electron chi connectivity index (χ4n) is 7.20. The van der Waals surface area contributed by atoms with Gasteiger partial charge in [-0.25, -0.2) is 0 Å². The minimum atomic E-state index is -1.09. The maximum absolute atomic E-state index is 14.1. The van der Waals surface area contributed by atoms with Crippen LogP contribution in [-0.2, 0) is 20.8 Å². The van der Waals surface area contributed by atoms with Crippen molar-refractivity contribution in [3.05, 3.63) is 96.9 Å². The number of aliphatic carboxylic acids is 1. The van der Waals surface area contributed by atoms with Gasteiger partial charge in [0.05, 0.1) is 22.5 Å². The summed E-state index contributed by atoms with van der Waals surface area (Å²) in [5.74, 6) is -2.23. The zero-order chi connectivity index (χ0) is 36.0. The summed E-state index contributed by atoms with van der Waals surface area (Å²) in [6, 6.07) is 6.47. The Kier molecular flexibility index (Phi) is 9.24. The van der Waals surface area contributed by atoms with E-state index in [1.807, 2.05) is 27.7 Å². The van der Waals surface area contributed by atoms with Crippen molar-refractivity contribution in [2.24, 2.45) is 10.8 Å². The predicted molar refractivity (Wildman–Crippen MR) is 179 cm³/mol. The quantitative estimate of drug-likeness (QED) is 0.145. The van der Waals surface area contributed by atoms with Gasteiger partial charge in [0.1, 0.15) is 6.54 Å². The number of ether oxygens (including phenoxy) is 2. The Morgan fingerprint density at radius 1 is 0.959 bits per heavy atom. The molecule has 5 rings (SSSR count). The van der Waals surface area contributed by atoms with Crippen molar-refractivity contribution in [2.45, 2.75) is 72.6 Å². The highest BCUT2D eigenvalue weighted by Crippen LogP contribution is 2.55. The van der Waals surface area contributed by atoms with Gasteiger partial charge in [-0.1, -0.05) is 39.8 Å². The topological polar surface area (TPSA) is 179 Å². The number of hydrogen-bond acceptors (Lipinski definition) is 10. The number of rotatable bonds is 11. The number of carboxylic acid groups (broad SMARTS) is 1. The third-order valence-corrected chi connectivity index (χ3v) is 9.03. The van der Waals surface area contributed by atoms with Gasteiger partial charge in [-0.3, -0.25) is 34.6 Å². The lowest BCUT2D eigenvalue weighted by atomic mass is 9.63. The number of ketones is 2. The van der Waals surface area contributed by atoms with E-state index in [0.29, 0.717) is 46.5 Å². The lowest BCUT2D eigenvalue weighted by Crippen LogP contribution is -2.45. The molecule has 1 N–H and O–H groups in total. The van der Waals surface area contributed by atoms with Crippen LogP contribution in [0.2, 0.25) is 0 Å². The summed E-state index contributed by atoms with van der Waals surface area (Å²) in [6.07, 6.45) is 3.04. The Balaban J connectivity index is 1.77. The first-order valence-electron chi connectivity index (χ1n) is 16.0. The van der Waals surface area contributed by atoms with Crippen molar-refractivity contribution < 1.29 is 38.8 Å². The zero-order valence-corrected chi connectivity index (χ0v) is 28.2. The Bertz CT molecular complexity index is 1820. The highest BCUT2D eigenvalue weighted by atomic mass is 16.6. The fraction of sp³-hybridized carbons (Fsp3) is 0.417. The van der Waals surface area contributed by atoms with Crippen LogP contribution in [0.25, 0.3) is 0 Å². The van der Waals surface area contributed by atoms with Gasteiger partial charge in [-0.05, 0) is 54.7 Å². The molecule has 0 aromatic heterocycles. The number of benzene rings is 2. The Morgan fingerprint density at radius 3 is 2.04 bits per heavy atom. The van der Waals surface area contributed by atoms with Crippen molar-refractivity contribution >= 4 is 28.9 Å². The first-order valence-corrected chi connectivity index (χ1v) is 16.0. The molecule has 0 amide bonds. The second-order valence-corrected chi connectivity index (χ2v) is 14.2. The van der Waals surface area contributed by atoms with Gasteiger partial charge in [0.25, 0.3) is 5.69 Å². The number of nitro benzene ring substituents is 2. The number of carbonyl (C=O) groups is 3. The third-order valence-electron chi connectivity index (χ3n) is 9.03. The Morgan fingerprint density at radius 2 is 1.55 bits per heavy atom. The molecule has 0 saturated carbocycles. The van der Waals surface area contributed by atoms with Crippen LogP contribution in [-0.4, -0.2) is 50.5 Å². The molecule has 1 aliphatic heterocycles. The number of Topliss-reactive ketones (excluding diaryl/α,β-unsaturated/α-hetero) is 2. The van der Waals surface area contributed by atoms with Crippen LogP contribution in [0.4, 0.5) is 11.4 Å². The highest BCUT2D eigenvalue weighted by Gasteiger charge is 2.49. The molecule has 2 aliphatic carbocycles.